The summed E-state index contributed by atoms with van der Waals surface area (Å²) in [5.74, 6) is -0.689. The first-order chi connectivity index (χ1) is 10.8. The van der Waals surface area contributed by atoms with Gasteiger partial charge in [0.15, 0.2) is 5.70 Å². The van der Waals surface area contributed by atoms with Gasteiger partial charge in [-0.05, 0) is 12.2 Å². The topological polar surface area (TPSA) is 77.0 Å². The SMILES string of the molecule is NC(=O)C1=CC=CC=CC=CC=CC=CC=CC=CON=N1. The summed E-state index contributed by atoms with van der Waals surface area (Å²) in [6.45, 7) is 0. The van der Waals surface area contributed by atoms with Crippen LogP contribution in [0.4, 0.5) is 0 Å². The zero-order chi connectivity index (χ0) is 15.9. The van der Waals surface area contributed by atoms with Gasteiger partial charge >= 0.3 is 0 Å². The van der Waals surface area contributed by atoms with Crippen molar-refractivity contribution in [2.24, 2.45) is 16.1 Å². The zero-order valence-electron chi connectivity index (χ0n) is 11.9. The van der Waals surface area contributed by atoms with Crippen LogP contribution < -0.4 is 5.73 Å². The fourth-order valence-corrected chi connectivity index (χ4v) is 1.19. The van der Waals surface area contributed by atoms with Gasteiger partial charge in [-0.1, -0.05) is 72.9 Å². The number of hydrogen-bond acceptors (Lipinski definition) is 4. The molecule has 0 aromatic rings. The van der Waals surface area contributed by atoms with Crippen molar-refractivity contribution >= 4 is 5.91 Å². The van der Waals surface area contributed by atoms with Crippen molar-refractivity contribution in [3.63, 3.8) is 0 Å². The molecule has 1 aliphatic rings. The smallest absolute Gasteiger partial charge is 0.269 e. The molecule has 0 spiro atoms. The van der Waals surface area contributed by atoms with Crippen molar-refractivity contribution in [2.45, 2.75) is 0 Å². The second-order valence-corrected chi connectivity index (χ2v) is 3.84. The summed E-state index contributed by atoms with van der Waals surface area (Å²) in [6, 6.07) is 0. The number of rotatable bonds is 1. The zero-order valence-corrected chi connectivity index (χ0v) is 11.9. The maximum atomic E-state index is 11.2. The largest absolute Gasteiger partial charge is 0.364 e. The summed E-state index contributed by atoms with van der Waals surface area (Å²) in [5.41, 5.74) is 5.17. The maximum Gasteiger partial charge on any atom is 0.269 e. The molecule has 0 saturated carbocycles. The van der Waals surface area contributed by atoms with E-state index in [1.807, 2.05) is 54.7 Å². The molecule has 1 aliphatic heterocycles. The van der Waals surface area contributed by atoms with Crippen LogP contribution in [0.25, 0.3) is 0 Å². The monoisotopic (exact) mass is 295 g/mol. The lowest BCUT2D eigenvalue weighted by molar-refractivity contribution is -0.114. The van der Waals surface area contributed by atoms with Crippen LogP contribution in [0.3, 0.4) is 0 Å². The van der Waals surface area contributed by atoms with E-state index in [2.05, 4.69) is 10.4 Å². The van der Waals surface area contributed by atoms with Gasteiger partial charge < -0.3 is 10.6 Å². The van der Waals surface area contributed by atoms with Crippen LogP contribution >= 0.6 is 0 Å². The van der Waals surface area contributed by atoms with Crippen molar-refractivity contribution in [1.82, 2.24) is 0 Å². The molecule has 0 unspecified atom stereocenters. The Labute approximate surface area is 129 Å². The van der Waals surface area contributed by atoms with Crippen LogP contribution in [-0.2, 0) is 9.63 Å². The molecule has 0 fully saturated rings. The lowest BCUT2D eigenvalue weighted by Crippen LogP contribution is -2.12. The Hall–Kier alpha value is -3.21. The highest BCUT2D eigenvalue weighted by atomic mass is 16.6. The summed E-state index contributed by atoms with van der Waals surface area (Å²) >= 11 is 0. The van der Waals surface area contributed by atoms with Crippen LogP contribution in [0.2, 0.25) is 0 Å². The van der Waals surface area contributed by atoms with Crippen LogP contribution in [0.15, 0.2) is 107 Å². The van der Waals surface area contributed by atoms with E-state index < -0.39 is 5.91 Å². The second kappa shape index (κ2) is 11.6. The number of nitrogens with zero attached hydrogens (tertiary/aromatic N) is 2. The van der Waals surface area contributed by atoms with E-state index in [0.717, 1.165) is 0 Å². The fourth-order valence-electron chi connectivity index (χ4n) is 1.19. The predicted octanol–water partition coefficient (Wildman–Crippen LogP) is 3.60. The first-order valence-electron chi connectivity index (χ1n) is 6.54. The molecule has 22 heavy (non-hydrogen) atoms. The average molecular weight is 295 g/mol. The molecule has 0 aliphatic carbocycles. The molecule has 0 aromatic carbocycles. The first kappa shape index (κ1) is 16.8. The molecular formula is C17H17N3O2. The Bertz CT molecular complexity index is 616. The van der Waals surface area contributed by atoms with Crippen LogP contribution in [-0.4, -0.2) is 5.91 Å². The van der Waals surface area contributed by atoms with Gasteiger partial charge in [0, 0.05) is 5.28 Å². The minimum atomic E-state index is -0.689. The van der Waals surface area contributed by atoms with Gasteiger partial charge in [-0.2, -0.15) is 0 Å². The third-order valence-electron chi connectivity index (χ3n) is 2.18. The molecule has 0 aromatic heterocycles. The third-order valence-corrected chi connectivity index (χ3v) is 2.18. The van der Waals surface area contributed by atoms with E-state index in [4.69, 9.17) is 10.6 Å². The van der Waals surface area contributed by atoms with E-state index in [1.54, 1.807) is 24.3 Å². The van der Waals surface area contributed by atoms with Crippen molar-refractivity contribution in [2.75, 3.05) is 0 Å². The standard InChI is InChI=1S/C17H17N3O2/c18-17(21)16-14-12-10-8-6-4-2-1-3-5-7-9-11-13-15-22-20-19-16/h1-15H,(H2,18,21). The highest BCUT2D eigenvalue weighted by Crippen LogP contribution is 1.99. The fraction of sp³-hybridized carbons (Fsp3) is 0. The summed E-state index contributed by atoms with van der Waals surface area (Å²) in [5, 5.41) is 7.00. The summed E-state index contributed by atoms with van der Waals surface area (Å²) in [6.07, 6.45) is 26.4. The number of carbonyl (C=O) groups excluding carboxylic acids is 1. The van der Waals surface area contributed by atoms with Gasteiger partial charge in [0.05, 0.1) is 0 Å². The number of primary amides is 1. The van der Waals surface area contributed by atoms with E-state index in [-0.39, 0.29) is 5.70 Å². The van der Waals surface area contributed by atoms with E-state index >= 15 is 0 Å². The summed E-state index contributed by atoms with van der Waals surface area (Å²) in [4.78, 5) is 15.9. The molecule has 0 bridgehead atoms. The molecular weight excluding hydrogens is 278 g/mol. The number of nitrogens with two attached hydrogens (primary N) is 1. The minimum Gasteiger partial charge on any atom is -0.364 e. The van der Waals surface area contributed by atoms with E-state index in [1.165, 1.54) is 12.3 Å². The third kappa shape index (κ3) is 8.82. The first-order valence-corrected chi connectivity index (χ1v) is 6.54. The highest BCUT2D eigenvalue weighted by molar-refractivity contribution is 5.91. The highest BCUT2D eigenvalue weighted by Gasteiger charge is 2.00. The molecule has 0 atom stereocenters. The Morgan fingerprint density at radius 1 is 0.773 bits per heavy atom. The van der Waals surface area contributed by atoms with Crippen LogP contribution in [0, 0.1) is 0 Å². The average Bonchev–Trinajstić information content (AvgIpc) is 2.50. The van der Waals surface area contributed by atoms with Gasteiger partial charge in [0.2, 0.25) is 0 Å². The summed E-state index contributed by atoms with van der Waals surface area (Å²) < 4.78 is 0. The molecule has 112 valence electrons. The molecule has 0 saturated heterocycles. The number of hydrogen-bond donors (Lipinski definition) is 1. The lowest BCUT2D eigenvalue weighted by Gasteiger charge is -1.91. The van der Waals surface area contributed by atoms with Crippen molar-refractivity contribution in [3.8, 4) is 0 Å². The normalized spacial score (nSPS) is 15.7. The second-order valence-electron chi connectivity index (χ2n) is 3.84. The van der Waals surface area contributed by atoms with Gasteiger partial charge in [-0.25, -0.2) is 0 Å². The predicted molar refractivity (Wildman–Crippen MR) is 87.2 cm³/mol. The Morgan fingerprint density at radius 2 is 1.23 bits per heavy atom. The molecule has 1 heterocycles. The van der Waals surface area contributed by atoms with E-state index in [0.29, 0.717) is 0 Å². The van der Waals surface area contributed by atoms with Crippen LogP contribution in [0.1, 0.15) is 0 Å². The number of carbonyl (C=O) groups is 1. The van der Waals surface area contributed by atoms with Crippen molar-refractivity contribution < 1.29 is 9.63 Å². The molecule has 5 heteroatoms. The van der Waals surface area contributed by atoms with Crippen molar-refractivity contribution in [1.29, 1.82) is 0 Å². The molecule has 5 nitrogen and oxygen atoms in total. The maximum absolute atomic E-state index is 11.2. The van der Waals surface area contributed by atoms with E-state index in [9.17, 15) is 4.79 Å². The Balaban J connectivity index is 2.86. The summed E-state index contributed by atoms with van der Waals surface area (Å²) in [7, 11) is 0. The number of amides is 1. The Morgan fingerprint density at radius 3 is 1.73 bits per heavy atom. The van der Waals surface area contributed by atoms with Gasteiger partial charge in [0.25, 0.3) is 5.91 Å². The lowest BCUT2D eigenvalue weighted by atomic mass is 10.3. The molecule has 1 rings (SSSR count). The number of allylic oxidation sites excluding steroid dienone is 14. The van der Waals surface area contributed by atoms with Gasteiger partial charge in [-0.3, -0.25) is 4.79 Å². The Kier molecular flexibility index (Phi) is 8.88. The minimum absolute atomic E-state index is 0.00656. The van der Waals surface area contributed by atoms with Crippen molar-refractivity contribution in [3.05, 3.63) is 97.0 Å². The van der Waals surface area contributed by atoms with Gasteiger partial charge in [-0.15, -0.1) is 5.11 Å². The van der Waals surface area contributed by atoms with Crippen LogP contribution in [0.5, 0.6) is 0 Å². The van der Waals surface area contributed by atoms with Gasteiger partial charge in [0.1, 0.15) is 6.26 Å². The molecule has 1 amide bonds. The quantitative estimate of drug-likeness (QED) is 0.802. The molecule has 0 radical (unpaired) electrons. The molecule has 2 N–H and O–H groups in total.